The van der Waals surface area contributed by atoms with E-state index in [4.69, 9.17) is 9.47 Å². The molecule has 258 valence electrons. The van der Waals surface area contributed by atoms with Crippen LogP contribution in [0.2, 0.25) is 0 Å². The topological polar surface area (TPSA) is 80.7 Å². The molecule has 3 aromatic rings. The van der Waals surface area contributed by atoms with Crippen molar-refractivity contribution in [2.24, 2.45) is 0 Å². The number of ketones is 1. The second-order valence-electron chi connectivity index (χ2n) is 14.0. The maximum atomic E-state index is 16.1. The highest BCUT2D eigenvalue weighted by molar-refractivity contribution is 5.93. The molecule has 2 N–H and O–H groups in total. The number of aryl methyl sites for hydroxylation is 1. The molecular formula is C37H46F3N5O3. The third-order valence-electron chi connectivity index (χ3n) is 9.52. The molecule has 1 saturated carbocycles. The van der Waals surface area contributed by atoms with E-state index in [-0.39, 0.29) is 41.8 Å². The van der Waals surface area contributed by atoms with E-state index in [2.05, 4.69) is 21.8 Å². The lowest BCUT2D eigenvalue weighted by molar-refractivity contribution is -0.127. The lowest BCUT2D eigenvalue weighted by Gasteiger charge is -2.44. The molecule has 0 amide bonds. The zero-order valence-corrected chi connectivity index (χ0v) is 28.2. The monoisotopic (exact) mass is 665 g/mol. The van der Waals surface area contributed by atoms with Gasteiger partial charge in [-0.3, -0.25) is 14.4 Å². The number of hydrogen-bond acceptors (Lipinski definition) is 7. The Morgan fingerprint density at radius 2 is 1.98 bits per heavy atom. The quantitative estimate of drug-likeness (QED) is 0.232. The van der Waals surface area contributed by atoms with Crippen molar-refractivity contribution in [2.75, 3.05) is 39.4 Å². The van der Waals surface area contributed by atoms with E-state index in [0.29, 0.717) is 26.1 Å². The third-order valence-corrected chi connectivity index (χ3v) is 9.52. The van der Waals surface area contributed by atoms with Crippen molar-refractivity contribution in [2.45, 2.75) is 82.9 Å². The van der Waals surface area contributed by atoms with Crippen LogP contribution in [0.5, 0.6) is 5.75 Å². The summed E-state index contributed by atoms with van der Waals surface area (Å²) in [4.78, 5) is 14.2. The van der Waals surface area contributed by atoms with E-state index in [1.54, 1.807) is 6.08 Å². The molecule has 0 radical (unpaired) electrons. The van der Waals surface area contributed by atoms with Gasteiger partial charge in [-0.15, -0.1) is 0 Å². The predicted octanol–water partition coefficient (Wildman–Crippen LogP) is 5.55. The highest BCUT2D eigenvalue weighted by Gasteiger charge is 2.43. The number of nitrogens with zero attached hydrogens (tertiary/aromatic N) is 3. The maximum Gasteiger partial charge on any atom is 0.185 e. The highest BCUT2D eigenvalue weighted by Crippen LogP contribution is 2.43. The van der Waals surface area contributed by atoms with Crippen molar-refractivity contribution in [3.8, 4) is 16.9 Å². The summed E-state index contributed by atoms with van der Waals surface area (Å²) in [7, 11) is 0. The van der Waals surface area contributed by atoms with Crippen LogP contribution in [-0.4, -0.2) is 83.2 Å². The van der Waals surface area contributed by atoms with Gasteiger partial charge in [0.2, 0.25) is 0 Å². The summed E-state index contributed by atoms with van der Waals surface area (Å²) in [5.41, 5.74) is 1.66. The van der Waals surface area contributed by atoms with E-state index in [9.17, 15) is 4.79 Å². The van der Waals surface area contributed by atoms with Gasteiger partial charge in [-0.1, -0.05) is 24.3 Å². The number of ether oxygens (including phenoxy) is 2. The number of carbonyl (C=O) groups is 1. The van der Waals surface area contributed by atoms with E-state index in [1.807, 2.05) is 48.0 Å². The molecule has 2 aromatic carbocycles. The Hall–Kier alpha value is -3.51. The van der Waals surface area contributed by atoms with Crippen molar-refractivity contribution < 1.29 is 27.4 Å². The number of morpholine rings is 1. The summed E-state index contributed by atoms with van der Waals surface area (Å²) >= 11 is 0. The third kappa shape index (κ3) is 7.86. The molecule has 3 aliphatic rings. The van der Waals surface area contributed by atoms with Crippen LogP contribution in [0.25, 0.3) is 11.1 Å². The average molecular weight is 666 g/mol. The van der Waals surface area contributed by atoms with Crippen LogP contribution in [0.15, 0.2) is 54.9 Å². The molecule has 48 heavy (non-hydrogen) atoms. The second-order valence-corrected chi connectivity index (χ2v) is 14.0. The van der Waals surface area contributed by atoms with Crippen molar-refractivity contribution in [3.63, 3.8) is 0 Å². The first-order valence-corrected chi connectivity index (χ1v) is 16.9. The Morgan fingerprint density at radius 1 is 1.21 bits per heavy atom. The first kappa shape index (κ1) is 34.4. The molecule has 8 nitrogen and oxygen atoms in total. The fourth-order valence-corrected chi connectivity index (χ4v) is 6.74. The van der Waals surface area contributed by atoms with Crippen LogP contribution in [0, 0.1) is 11.6 Å². The fraction of sp³-hybridized carbons (Fsp3) is 0.514. The number of halogens is 3. The van der Waals surface area contributed by atoms with Crippen LogP contribution in [0.1, 0.15) is 63.3 Å². The molecule has 11 heteroatoms. The van der Waals surface area contributed by atoms with E-state index < -0.39 is 29.4 Å². The summed E-state index contributed by atoms with van der Waals surface area (Å²) in [6.45, 7) is 10.2. The van der Waals surface area contributed by atoms with Crippen LogP contribution in [0.4, 0.5) is 13.2 Å². The molecule has 2 fully saturated rings. The number of aromatic nitrogens is 2. The molecule has 3 atom stereocenters. The number of rotatable bonds is 13. The minimum Gasteiger partial charge on any atom is -0.491 e. The van der Waals surface area contributed by atoms with Gasteiger partial charge in [0.1, 0.15) is 35.8 Å². The van der Waals surface area contributed by atoms with Crippen molar-refractivity contribution in [1.29, 1.82) is 0 Å². The second kappa shape index (κ2) is 14.2. The van der Waals surface area contributed by atoms with Crippen LogP contribution >= 0.6 is 0 Å². The molecule has 6 rings (SSSR count). The SMILES string of the molecule is CCn1cc(-c2ccc3c(c2)C[C@@H](C)N(CC(C)(C)F)[C@@H]3c2c(F)cc(OCC3(NC/C=C/C(=O)C4CNCCO4)CC3)cc2F)cn1. The number of hydrogen-bond donors (Lipinski definition) is 2. The summed E-state index contributed by atoms with van der Waals surface area (Å²) in [5, 5.41) is 10.9. The highest BCUT2D eigenvalue weighted by atomic mass is 19.1. The summed E-state index contributed by atoms with van der Waals surface area (Å²) in [6.07, 6.45) is 8.94. The number of alkyl halides is 1. The smallest absolute Gasteiger partial charge is 0.185 e. The molecule has 0 bridgehead atoms. The molecule has 3 heterocycles. The van der Waals surface area contributed by atoms with E-state index in [0.717, 1.165) is 48.2 Å². The zero-order chi connectivity index (χ0) is 34.1. The van der Waals surface area contributed by atoms with Crippen LogP contribution < -0.4 is 15.4 Å². The van der Waals surface area contributed by atoms with E-state index in [1.165, 1.54) is 32.1 Å². The molecular weight excluding hydrogens is 619 g/mol. The fourth-order valence-electron chi connectivity index (χ4n) is 6.74. The van der Waals surface area contributed by atoms with Gasteiger partial charge in [-0.05, 0) is 69.7 Å². The molecule has 1 aromatic heterocycles. The first-order chi connectivity index (χ1) is 22.9. The lowest BCUT2D eigenvalue weighted by Crippen LogP contribution is -2.48. The van der Waals surface area contributed by atoms with Crippen molar-refractivity contribution >= 4 is 5.78 Å². The van der Waals surface area contributed by atoms with Gasteiger partial charge in [0.15, 0.2) is 5.78 Å². The largest absolute Gasteiger partial charge is 0.491 e. The number of nitrogens with one attached hydrogen (secondary N) is 2. The van der Waals surface area contributed by atoms with Crippen molar-refractivity contribution in [3.05, 3.63) is 83.2 Å². The Kier molecular flexibility index (Phi) is 10.1. The van der Waals surface area contributed by atoms with Gasteiger partial charge in [-0.2, -0.15) is 5.10 Å². The Balaban J connectivity index is 1.19. The minimum atomic E-state index is -1.58. The lowest BCUT2D eigenvalue weighted by atomic mass is 9.82. The standard InChI is InChI=1S/C37H46F3N5O3/c1-5-44-21-27(19-43-44)25-8-9-29-26(16-25)15-24(2)45(22-36(3,4)40)35(29)34-30(38)17-28(18-31(34)39)48-23-37(10-11-37)42-12-6-7-32(46)33-20-41-13-14-47-33/h6-9,16-19,21,24,33,35,41-42H,5,10-15,20,22-23H2,1-4H3/b7-6+/t24-,33?,35+/m1/s1. The Labute approximate surface area is 280 Å². The Morgan fingerprint density at radius 3 is 2.62 bits per heavy atom. The number of fused-ring (bicyclic) bond motifs is 1. The van der Waals surface area contributed by atoms with Gasteiger partial charge in [0.05, 0.1) is 24.4 Å². The molecule has 1 unspecified atom stereocenters. The minimum absolute atomic E-state index is 0.0131. The summed E-state index contributed by atoms with van der Waals surface area (Å²) < 4.78 is 60.6. The van der Waals surface area contributed by atoms with Gasteiger partial charge in [0, 0.05) is 68.2 Å². The molecule has 2 aliphatic heterocycles. The van der Waals surface area contributed by atoms with Crippen LogP contribution in [0.3, 0.4) is 0 Å². The number of carbonyl (C=O) groups excluding carboxylic acids is 1. The first-order valence-electron chi connectivity index (χ1n) is 16.9. The molecule has 1 saturated heterocycles. The number of benzene rings is 2. The maximum absolute atomic E-state index is 16.1. The summed E-state index contributed by atoms with van der Waals surface area (Å²) in [6, 6.07) is 7.40. The normalized spacial score (nSPS) is 22.5. The summed E-state index contributed by atoms with van der Waals surface area (Å²) in [5.74, 6) is -1.45. The van der Waals surface area contributed by atoms with E-state index >= 15 is 13.2 Å². The van der Waals surface area contributed by atoms with Crippen LogP contribution in [-0.2, 0) is 22.5 Å². The van der Waals surface area contributed by atoms with Gasteiger partial charge in [-0.25, -0.2) is 13.2 Å². The van der Waals surface area contributed by atoms with Gasteiger partial charge in [0.25, 0.3) is 0 Å². The Bertz CT molecular complexity index is 1620. The average Bonchev–Trinajstić information content (AvgIpc) is 3.66. The molecule has 0 spiro atoms. The van der Waals surface area contributed by atoms with Gasteiger partial charge < -0.3 is 20.1 Å². The zero-order valence-electron chi connectivity index (χ0n) is 28.2. The van der Waals surface area contributed by atoms with Gasteiger partial charge >= 0.3 is 0 Å². The van der Waals surface area contributed by atoms with Crippen molar-refractivity contribution in [1.82, 2.24) is 25.3 Å². The molecule has 1 aliphatic carbocycles. The predicted molar refractivity (Wildman–Crippen MR) is 179 cm³/mol.